The molecule has 0 heterocycles. The monoisotopic (exact) mass is 280 g/mol. The van der Waals surface area contributed by atoms with E-state index in [4.69, 9.17) is 5.26 Å². The predicted octanol–water partition coefficient (Wildman–Crippen LogP) is 2.65. The summed E-state index contributed by atoms with van der Waals surface area (Å²) in [6, 6.07) is 7.62. The molecule has 1 aliphatic rings. The fourth-order valence-electron chi connectivity index (χ4n) is 1.96. The summed E-state index contributed by atoms with van der Waals surface area (Å²) < 4.78 is 0.876. The summed E-state index contributed by atoms with van der Waals surface area (Å²) in [5, 5.41) is 21.5. The van der Waals surface area contributed by atoms with Crippen LogP contribution in [-0.4, -0.2) is 17.3 Å². The Morgan fingerprint density at radius 3 is 2.69 bits per heavy atom. The van der Waals surface area contributed by atoms with E-state index in [9.17, 15) is 5.11 Å². The van der Waals surface area contributed by atoms with E-state index < -0.39 is 0 Å². The van der Waals surface area contributed by atoms with E-state index in [1.54, 1.807) is 12.1 Å². The van der Waals surface area contributed by atoms with Gasteiger partial charge in [-0.1, -0.05) is 15.9 Å². The van der Waals surface area contributed by atoms with E-state index in [0.717, 1.165) is 29.4 Å². The summed E-state index contributed by atoms with van der Waals surface area (Å²) in [4.78, 5) is 0. The van der Waals surface area contributed by atoms with E-state index >= 15 is 0 Å². The Bertz CT molecular complexity index is 430. The van der Waals surface area contributed by atoms with Crippen molar-refractivity contribution < 1.29 is 5.11 Å². The van der Waals surface area contributed by atoms with Crippen LogP contribution in [-0.2, 0) is 0 Å². The predicted molar refractivity (Wildman–Crippen MR) is 66.1 cm³/mol. The Balaban J connectivity index is 2.21. The maximum Gasteiger partial charge on any atom is 0.0992 e. The highest BCUT2D eigenvalue weighted by Gasteiger charge is 2.36. The molecule has 0 unspecified atom stereocenters. The summed E-state index contributed by atoms with van der Waals surface area (Å²) in [7, 11) is 0. The van der Waals surface area contributed by atoms with Crippen LogP contribution in [0.15, 0.2) is 22.7 Å². The molecule has 0 aromatic heterocycles. The van der Waals surface area contributed by atoms with Crippen LogP contribution in [0, 0.1) is 11.3 Å². The zero-order valence-corrected chi connectivity index (χ0v) is 10.4. The Kier molecular flexibility index (Phi) is 3.17. The summed E-state index contributed by atoms with van der Waals surface area (Å²) in [5.74, 6) is 0. The lowest BCUT2D eigenvalue weighted by atomic mass is 9.77. The first-order chi connectivity index (χ1) is 7.67. The van der Waals surface area contributed by atoms with Crippen molar-refractivity contribution in [2.75, 3.05) is 11.9 Å². The van der Waals surface area contributed by atoms with Gasteiger partial charge in [0.25, 0.3) is 0 Å². The maximum atomic E-state index is 9.35. The van der Waals surface area contributed by atoms with Gasteiger partial charge >= 0.3 is 0 Å². The van der Waals surface area contributed by atoms with Crippen molar-refractivity contribution in [1.82, 2.24) is 0 Å². The van der Waals surface area contributed by atoms with Gasteiger partial charge in [0.2, 0.25) is 0 Å². The van der Waals surface area contributed by atoms with E-state index in [2.05, 4.69) is 27.3 Å². The molecule has 0 saturated heterocycles. The molecule has 0 aliphatic heterocycles. The minimum Gasteiger partial charge on any atom is -0.394 e. The smallest absolute Gasteiger partial charge is 0.0992 e. The highest BCUT2D eigenvalue weighted by atomic mass is 79.9. The van der Waals surface area contributed by atoms with Crippen LogP contribution < -0.4 is 5.32 Å². The van der Waals surface area contributed by atoms with Crippen LogP contribution in [0.5, 0.6) is 0 Å². The third kappa shape index (κ3) is 2.21. The number of halogens is 1. The van der Waals surface area contributed by atoms with Crippen LogP contribution in [0.2, 0.25) is 0 Å². The first kappa shape index (κ1) is 11.4. The Morgan fingerprint density at radius 1 is 1.44 bits per heavy atom. The first-order valence-corrected chi connectivity index (χ1v) is 6.06. The van der Waals surface area contributed by atoms with Gasteiger partial charge < -0.3 is 10.4 Å². The van der Waals surface area contributed by atoms with Gasteiger partial charge in [0.1, 0.15) is 0 Å². The second-order valence-electron chi connectivity index (χ2n) is 4.26. The van der Waals surface area contributed by atoms with Gasteiger partial charge in [-0.2, -0.15) is 5.26 Å². The van der Waals surface area contributed by atoms with E-state index in [1.165, 1.54) is 0 Å². The van der Waals surface area contributed by atoms with Crippen molar-refractivity contribution >= 4 is 21.6 Å². The number of anilines is 1. The normalized spacial score (nSPS) is 17.3. The summed E-state index contributed by atoms with van der Waals surface area (Å²) in [6.07, 6.45) is 3.11. The molecule has 3 nitrogen and oxygen atoms in total. The highest BCUT2D eigenvalue weighted by Crippen LogP contribution is 2.35. The largest absolute Gasteiger partial charge is 0.394 e. The number of nitrogens with one attached hydrogen (secondary N) is 1. The second kappa shape index (κ2) is 4.44. The van der Waals surface area contributed by atoms with Gasteiger partial charge in [-0.25, -0.2) is 0 Å². The van der Waals surface area contributed by atoms with E-state index in [-0.39, 0.29) is 12.1 Å². The molecule has 0 radical (unpaired) electrons. The molecular formula is C12H13BrN2O. The molecular weight excluding hydrogens is 268 g/mol. The van der Waals surface area contributed by atoms with Gasteiger partial charge in [-0.05, 0) is 37.5 Å². The lowest BCUT2D eigenvalue weighted by Crippen LogP contribution is -2.48. The van der Waals surface area contributed by atoms with Gasteiger partial charge in [0, 0.05) is 10.2 Å². The minimum absolute atomic E-state index is 0.140. The quantitative estimate of drug-likeness (QED) is 0.895. The van der Waals surface area contributed by atoms with Crippen molar-refractivity contribution in [3.8, 4) is 6.07 Å². The zero-order valence-electron chi connectivity index (χ0n) is 8.83. The third-order valence-electron chi connectivity index (χ3n) is 3.05. The number of aliphatic hydroxyl groups is 1. The fourth-order valence-corrected chi connectivity index (χ4v) is 2.45. The molecule has 0 bridgehead atoms. The molecule has 0 amide bonds. The van der Waals surface area contributed by atoms with E-state index in [1.807, 2.05) is 6.07 Å². The van der Waals surface area contributed by atoms with E-state index in [0.29, 0.717) is 5.56 Å². The Labute approximate surface area is 103 Å². The molecule has 84 valence electrons. The van der Waals surface area contributed by atoms with Gasteiger partial charge in [-0.3, -0.25) is 0 Å². The number of aliphatic hydroxyl groups excluding tert-OH is 1. The van der Waals surface area contributed by atoms with Crippen LogP contribution >= 0.6 is 15.9 Å². The zero-order chi connectivity index (χ0) is 11.6. The average Bonchev–Trinajstić information content (AvgIpc) is 2.22. The van der Waals surface area contributed by atoms with Crippen LogP contribution in [0.25, 0.3) is 0 Å². The van der Waals surface area contributed by atoms with Gasteiger partial charge in [0.15, 0.2) is 0 Å². The van der Waals surface area contributed by atoms with Gasteiger partial charge in [0.05, 0.1) is 23.8 Å². The third-order valence-corrected chi connectivity index (χ3v) is 3.51. The van der Waals surface area contributed by atoms with Crippen molar-refractivity contribution in [3.63, 3.8) is 0 Å². The maximum absolute atomic E-state index is 9.35. The molecule has 1 fully saturated rings. The number of nitrogens with zero attached hydrogens (tertiary/aromatic N) is 1. The van der Waals surface area contributed by atoms with Crippen molar-refractivity contribution in [1.29, 1.82) is 5.26 Å². The van der Waals surface area contributed by atoms with Crippen molar-refractivity contribution in [3.05, 3.63) is 28.2 Å². The number of hydrogen-bond donors (Lipinski definition) is 2. The minimum atomic E-state index is -0.173. The summed E-state index contributed by atoms with van der Waals surface area (Å²) in [6.45, 7) is 0.140. The summed E-state index contributed by atoms with van der Waals surface area (Å²) >= 11 is 3.37. The lowest BCUT2D eigenvalue weighted by molar-refractivity contribution is 0.144. The molecule has 16 heavy (non-hydrogen) atoms. The van der Waals surface area contributed by atoms with Crippen LogP contribution in [0.4, 0.5) is 5.69 Å². The Hall–Kier alpha value is -1.05. The molecule has 0 atom stereocenters. The fraction of sp³-hybridized carbons (Fsp3) is 0.417. The van der Waals surface area contributed by atoms with Crippen molar-refractivity contribution in [2.24, 2.45) is 0 Å². The van der Waals surface area contributed by atoms with Crippen LogP contribution in [0.3, 0.4) is 0 Å². The SMILES string of the molecule is N#Cc1cc(Br)cc(NC2(CO)CCC2)c1. The second-order valence-corrected chi connectivity index (χ2v) is 5.17. The Morgan fingerprint density at radius 2 is 2.19 bits per heavy atom. The molecule has 2 N–H and O–H groups in total. The number of nitriles is 1. The molecule has 0 spiro atoms. The molecule has 4 heteroatoms. The van der Waals surface area contributed by atoms with Crippen molar-refractivity contribution in [2.45, 2.75) is 24.8 Å². The average molecular weight is 281 g/mol. The first-order valence-electron chi connectivity index (χ1n) is 5.27. The van der Waals surface area contributed by atoms with Gasteiger partial charge in [-0.15, -0.1) is 0 Å². The standard InChI is InChI=1S/C12H13BrN2O/c13-10-4-9(7-14)5-11(6-10)15-12(8-16)2-1-3-12/h4-6,15-16H,1-3,8H2. The molecule has 1 aromatic rings. The number of hydrogen-bond acceptors (Lipinski definition) is 3. The summed E-state index contributed by atoms with van der Waals surface area (Å²) in [5.41, 5.74) is 1.33. The topological polar surface area (TPSA) is 56.0 Å². The molecule has 2 rings (SSSR count). The number of benzene rings is 1. The number of rotatable bonds is 3. The van der Waals surface area contributed by atoms with Crippen LogP contribution in [0.1, 0.15) is 24.8 Å². The molecule has 1 aromatic carbocycles. The lowest BCUT2D eigenvalue weighted by Gasteiger charge is -2.42. The molecule has 1 saturated carbocycles. The highest BCUT2D eigenvalue weighted by molar-refractivity contribution is 9.10. The molecule has 1 aliphatic carbocycles.